The third-order valence-corrected chi connectivity index (χ3v) is 5.42. The van der Waals surface area contributed by atoms with Crippen molar-refractivity contribution in [1.29, 1.82) is 0 Å². The Balaban J connectivity index is 1.96. The lowest BCUT2D eigenvalue weighted by Gasteiger charge is -2.39. The van der Waals surface area contributed by atoms with E-state index in [1.165, 1.54) is 7.11 Å². The monoisotopic (exact) mass is 455 g/mol. The number of hydrogen-bond acceptors (Lipinski definition) is 12. The fourth-order valence-electron chi connectivity index (χ4n) is 3.64. The van der Waals surface area contributed by atoms with E-state index in [4.69, 9.17) is 23.7 Å². The molecule has 2 aliphatic heterocycles. The lowest BCUT2D eigenvalue weighted by Crippen LogP contribution is -2.57. The molecule has 0 amide bonds. The highest BCUT2D eigenvalue weighted by Crippen LogP contribution is 2.20. The van der Waals surface area contributed by atoms with Gasteiger partial charge in [-0.3, -0.25) is 4.90 Å². The van der Waals surface area contributed by atoms with Gasteiger partial charge in [0.05, 0.1) is 32.0 Å². The molecule has 2 aliphatic rings. The second kappa shape index (κ2) is 12.7. The predicted octanol–water partition coefficient (Wildman–Crippen LogP) is -3.38. The van der Waals surface area contributed by atoms with Crippen LogP contribution in [-0.2, 0) is 23.7 Å². The average Bonchev–Trinajstić information content (AvgIpc) is 2.74. The van der Waals surface area contributed by atoms with E-state index in [1.54, 1.807) is 18.7 Å². The fraction of sp³-hybridized carbons (Fsp3) is 1.00. The molecule has 0 spiro atoms. The first kappa shape index (κ1) is 26.8. The molecule has 0 aromatic carbocycles. The summed E-state index contributed by atoms with van der Waals surface area (Å²) < 4.78 is 26.1. The Morgan fingerprint density at radius 3 is 1.65 bits per heavy atom. The second-order valence-electron chi connectivity index (χ2n) is 8.01. The van der Waals surface area contributed by atoms with Gasteiger partial charge in [-0.05, 0) is 13.8 Å². The van der Waals surface area contributed by atoms with Crippen LogP contribution in [0.4, 0.5) is 0 Å². The van der Waals surface area contributed by atoms with Crippen molar-refractivity contribution in [3.63, 3.8) is 0 Å². The molecular weight excluding hydrogens is 418 g/mol. The zero-order valence-corrected chi connectivity index (χ0v) is 18.2. The molecule has 0 aliphatic carbocycles. The van der Waals surface area contributed by atoms with Crippen molar-refractivity contribution >= 4 is 0 Å². The van der Waals surface area contributed by atoms with Crippen LogP contribution in [0.3, 0.4) is 0 Å². The Kier molecular flexibility index (Phi) is 10.9. The Morgan fingerprint density at radius 1 is 0.839 bits per heavy atom. The maximum atomic E-state index is 10.5. The van der Waals surface area contributed by atoms with E-state index in [2.05, 4.69) is 0 Å². The van der Waals surface area contributed by atoms with Crippen LogP contribution in [0.5, 0.6) is 0 Å². The van der Waals surface area contributed by atoms with Gasteiger partial charge in [0, 0.05) is 26.7 Å². The molecule has 12 heteroatoms. The number of methoxy groups -OCH3 is 1. The van der Waals surface area contributed by atoms with E-state index >= 15 is 0 Å². The Morgan fingerprint density at radius 2 is 1.26 bits per heavy atom. The van der Waals surface area contributed by atoms with E-state index in [0.29, 0.717) is 0 Å². The van der Waals surface area contributed by atoms with Crippen LogP contribution in [0.25, 0.3) is 0 Å². The van der Waals surface area contributed by atoms with E-state index < -0.39 is 61.4 Å². The molecule has 12 nitrogen and oxygen atoms in total. The van der Waals surface area contributed by atoms with Gasteiger partial charge in [0.1, 0.15) is 36.6 Å². The third kappa shape index (κ3) is 7.81. The third-order valence-electron chi connectivity index (χ3n) is 5.42. The Hall–Kier alpha value is -0.480. The van der Waals surface area contributed by atoms with Gasteiger partial charge in [0.25, 0.3) is 0 Å². The standard InChI is InChI=1S/C19H37NO11/c1-10-28-8-14(23)18(30-10)16(25)12(21)6-20(4-5-27-3)7-13(22)17(26)19-15(24)9-29-11(2)31-19/h10-19,21-26H,4-9H2,1-3H3/t10-,11?,12+,13+,14-,15-,16-,17-,18-,19-/m1/s1. The van der Waals surface area contributed by atoms with E-state index in [0.717, 1.165) is 0 Å². The molecule has 31 heavy (non-hydrogen) atoms. The first-order chi connectivity index (χ1) is 14.6. The normalized spacial score (nSPS) is 36.2. The number of aliphatic hydroxyl groups excluding tert-OH is 6. The molecule has 184 valence electrons. The van der Waals surface area contributed by atoms with Crippen LogP contribution in [0.1, 0.15) is 13.8 Å². The molecular formula is C19H37NO11. The molecule has 6 N–H and O–H groups in total. The summed E-state index contributed by atoms with van der Waals surface area (Å²) in [6.07, 6.45) is -11.0. The highest BCUT2D eigenvalue weighted by atomic mass is 16.7. The molecule has 2 saturated heterocycles. The Bertz CT molecular complexity index is 475. The van der Waals surface area contributed by atoms with Crippen molar-refractivity contribution in [2.24, 2.45) is 0 Å². The summed E-state index contributed by atoms with van der Waals surface area (Å²) in [5.74, 6) is 0. The van der Waals surface area contributed by atoms with Crippen LogP contribution in [0.2, 0.25) is 0 Å². The zero-order chi connectivity index (χ0) is 23.1. The van der Waals surface area contributed by atoms with Crippen molar-refractivity contribution < 1.29 is 54.3 Å². The molecule has 2 heterocycles. The quantitative estimate of drug-likeness (QED) is 0.183. The first-order valence-corrected chi connectivity index (χ1v) is 10.5. The predicted molar refractivity (Wildman–Crippen MR) is 105 cm³/mol. The molecule has 0 saturated carbocycles. The van der Waals surface area contributed by atoms with Gasteiger partial charge in [-0.25, -0.2) is 0 Å². The van der Waals surface area contributed by atoms with Crippen LogP contribution in [0, 0.1) is 0 Å². The highest BCUT2D eigenvalue weighted by Gasteiger charge is 2.40. The Labute approximate surface area is 181 Å². The van der Waals surface area contributed by atoms with Crippen LogP contribution >= 0.6 is 0 Å². The lowest BCUT2D eigenvalue weighted by atomic mass is 10.00. The minimum atomic E-state index is -1.41. The topological polar surface area (TPSA) is 171 Å². The zero-order valence-electron chi connectivity index (χ0n) is 18.2. The number of nitrogens with zero attached hydrogens (tertiary/aromatic N) is 1. The molecule has 2 rings (SSSR count). The summed E-state index contributed by atoms with van der Waals surface area (Å²) in [6.45, 7) is 3.55. The molecule has 10 atom stereocenters. The summed E-state index contributed by atoms with van der Waals surface area (Å²) in [7, 11) is 1.50. The van der Waals surface area contributed by atoms with Crippen molar-refractivity contribution in [1.82, 2.24) is 4.90 Å². The van der Waals surface area contributed by atoms with Crippen LogP contribution < -0.4 is 0 Å². The maximum absolute atomic E-state index is 10.5. The lowest BCUT2D eigenvalue weighted by molar-refractivity contribution is -0.274. The van der Waals surface area contributed by atoms with Gasteiger partial charge in [-0.2, -0.15) is 0 Å². The minimum absolute atomic E-state index is 0.0280. The number of hydrogen-bond donors (Lipinski definition) is 6. The van der Waals surface area contributed by atoms with Crippen molar-refractivity contribution in [2.45, 2.75) is 75.3 Å². The summed E-state index contributed by atoms with van der Waals surface area (Å²) in [5, 5.41) is 62.1. The molecule has 2 fully saturated rings. The van der Waals surface area contributed by atoms with Crippen molar-refractivity contribution in [3.8, 4) is 0 Å². The van der Waals surface area contributed by atoms with Gasteiger partial charge in [0.15, 0.2) is 12.6 Å². The number of rotatable bonds is 11. The first-order valence-electron chi connectivity index (χ1n) is 10.5. The minimum Gasteiger partial charge on any atom is -0.389 e. The van der Waals surface area contributed by atoms with Gasteiger partial charge >= 0.3 is 0 Å². The van der Waals surface area contributed by atoms with Gasteiger partial charge in [-0.15, -0.1) is 0 Å². The molecule has 0 aromatic rings. The van der Waals surface area contributed by atoms with Gasteiger partial charge < -0.3 is 54.3 Å². The largest absolute Gasteiger partial charge is 0.389 e. The van der Waals surface area contributed by atoms with Gasteiger partial charge in [0.2, 0.25) is 0 Å². The number of aliphatic hydroxyl groups is 6. The summed E-state index contributed by atoms with van der Waals surface area (Å²) in [5.41, 5.74) is 0. The van der Waals surface area contributed by atoms with Crippen molar-refractivity contribution in [3.05, 3.63) is 0 Å². The van der Waals surface area contributed by atoms with E-state index in [-0.39, 0.29) is 39.5 Å². The molecule has 0 aromatic heterocycles. The van der Waals surface area contributed by atoms with Crippen molar-refractivity contribution in [2.75, 3.05) is 46.6 Å². The maximum Gasteiger partial charge on any atom is 0.155 e. The average molecular weight is 456 g/mol. The summed E-state index contributed by atoms with van der Waals surface area (Å²) in [4.78, 5) is 1.59. The highest BCUT2D eigenvalue weighted by molar-refractivity contribution is 4.89. The fourth-order valence-corrected chi connectivity index (χ4v) is 3.64. The summed E-state index contributed by atoms with van der Waals surface area (Å²) in [6, 6.07) is 0. The smallest absolute Gasteiger partial charge is 0.155 e. The van der Waals surface area contributed by atoms with Crippen LogP contribution in [0.15, 0.2) is 0 Å². The van der Waals surface area contributed by atoms with E-state index in [1.807, 2.05) is 0 Å². The molecule has 0 radical (unpaired) electrons. The summed E-state index contributed by atoms with van der Waals surface area (Å²) >= 11 is 0. The molecule has 1 unspecified atom stereocenters. The van der Waals surface area contributed by atoms with Gasteiger partial charge in [-0.1, -0.05) is 0 Å². The molecule has 0 bridgehead atoms. The second-order valence-corrected chi connectivity index (χ2v) is 8.01. The van der Waals surface area contributed by atoms with Crippen LogP contribution in [-0.4, -0.2) is 144 Å². The number of ether oxygens (including phenoxy) is 5. The SMILES string of the molecule is COCCN(C[C@H](O)[C@@H](O)[C@@H]1OC(C)OC[C@H]1O)C[C@H](O)[C@@H](O)[C@@H]1O[C@H](C)OC[C@H]1O. The van der Waals surface area contributed by atoms with E-state index in [9.17, 15) is 30.6 Å².